The maximum Gasteiger partial charge on any atom is 0.0726 e. The molecule has 1 heteroatoms. The van der Waals surface area contributed by atoms with Crippen LogP contribution in [-0.2, 0) is 21.7 Å². The van der Waals surface area contributed by atoms with Crippen molar-refractivity contribution in [2.75, 3.05) is 4.90 Å². The number of nitrogens with zero attached hydrogens (tertiary/aromatic N) is 1. The number of rotatable bonds is 4. The van der Waals surface area contributed by atoms with E-state index in [1.165, 1.54) is 94.6 Å². The van der Waals surface area contributed by atoms with Gasteiger partial charge in [0.1, 0.15) is 0 Å². The van der Waals surface area contributed by atoms with Crippen LogP contribution in [0.2, 0.25) is 0 Å². The van der Waals surface area contributed by atoms with Crippen LogP contribution in [0, 0.1) is 6.92 Å². The summed E-state index contributed by atoms with van der Waals surface area (Å²) in [5, 5.41) is 0. The quantitative estimate of drug-likeness (QED) is 0.171. The molecule has 0 amide bonds. The fourth-order valence-electron chi connectivity index (χ4n) is 11.1. The number of hydrogen-bond donors (Lipinski definition) is 0. The van der Waals surface area contributed by atoms with E-state index in [1.54, 1.807) is 0 Å². The Morgan fingerprint density at radius 2 is 0.742 bits per heavy atom. The molecular formula is C61H55N. The van der Waals surface area contributed by atoms with Gasteiger partial charge in [-0.15, -0.1) is 0 Å². The van der Waals surface area contributed by atoms with Gasteiger partial charge in [-0.25, -0.2) is 0 Å². The second-order valence-electron chi connectivity index (χ2n) is 20.7. The van der Waals surface area contributed by atoms with Gasteiger partial charge in [0.2, 0.25) is 0 Å². The highest BCUT2D eigenvalue weighted by Gasteiger charge is 2.52. The van der Waals surface area contributed by atoms with E-state index < -0.39 is 5.41 Å². The fraction of sp³-hybridized carbons (Fsp3) is 0.213. The molecule has 1 nitrogen and oxygen atoms in total. The zero-order valence-electron chi connectivity index (χ0n) is 37.6. The van der Waals surface area contributed by atoms with Crippen molar-refractivity contribution in [2.24, 2.45) is 0 Å². The van der Waals surface area contributed by atoms with Crippen LogP contribution >= 0.6 is 0 Å². The fourth-order valence-corrected chi connectivity index (χ4v) is 11.1. The van der Waals surface area contributed by atoms with Crippen LogP contribution in [0.15, 0.2) is 170 Å². The predicted octanol–water partition coefficient (Wildman–Crippen LogP) is 16.4. The molecule has 3 aliphatic carbocycles. The molecule has 0 saturated carbocycles. The molecule has 0 N–H and O–H groups in total. The van der Waals surface area contributed by atoms with Gasteiger partial charge in [-0.05, 0) is 143 Å². The van der Waals surface area contributed by atoms with Crippen molar-refractivity contribution < 1.29 is 0 Å². The third-order valence-electron chi connectivity index (χ3n) is 14.5. The first-order valence-electron chi connectivity index (χ1n) is 22.4. The van der Waals surface area contributed by atoms with Crippen molar-refractivity contribution in [1.29, 1.82) is 0 Å². The van der Waals surface area contributed by atoms with Gasteiger partial charge in [-0.3, -0.25) is 0 Å². The minimum Gasteiger partial charge on any atom is -0.310 e. The van der Waals surface area contributed by atoms with Gasteiger partial charge in [0.15, 0.2) is 0 Å². The average Bonchev–Trinajstić information content (AvgIpc) is 3.81. The van der Waals surface area contributed by atoms with Gasteiger partial charge in [-0.2, -0.15) is 0 Å². The predicted molar refractivity (Wildman–Crippen MR) is 263 cm³/mol. The lowest BCUT2D eigenvalue weighted by Crippen LogP contribution is -2.27. The van der Waals surface area contributed by atoms with Crippen molar-refractivity contribution in [1.82, 2.24) is 0 Å². The maximum atomic E-state index is 2.55. The zero-order valence-corrected chi connectivity index (χ0v) is 37.6. The lowest BCUT2D eigenvalue weighted by atomic mass is 9.68. The Labute approximate surface area is 368 Å². The standard InChI is InChI=1S/C61H55N/c1-38-18-20-39(21-19-38)40-22-26-43(27-23-40)62(44-28-32-48-46-14-10-12-16-52(46)60(8,9)54(48)36-44)45-29-33-51-47-15-11-13-17-53(47)61(57(51)37-45)55-34-41(58(2,3)4)24-30-49(55)50-31-25-42(35-56(50)61)59(5,6)7/h10-37H,1-9H3. The summed E-state index contributed by atoms with van der Waals surface area (Å²) in [5.41, 5.74) is 25.5. The second-order valence-corrected chi connectivity index (χ2v) is 20.7. The number of aryl methyl sites for hydroxylation is 1. The van der Waals surface area contributed by atoms with Crippen molar-refractivity contribution in [3.05, 3.63) is 220 Å². The first-order valence-corrected chi connectivity index (χ1v) is 22.4. The monoisotopic (exact) mass is 801 g/mol. The summed E-state index contributed by atoms with van der Waals surface area (Å²) in [6.07, 6.45) is 0. The molecule has 0 fully saturated rings. The topological polar surface area (TPSA) is 3.24 Å². The maximum absolute atomic E-state index is 2.55. The molecule has 3 aliphatic rings. The number of benzene rings is 8. The zero-order chi connectivity index (χ0) is 42.9. The Morgan fingerprint density at radius 3 is 1.27 bits per heavy atom. The van der Waals surface area contributed by atoms with E-state index in [9.17, 15) is 0 Å². The van der Waals surface area contributed by atoms with Gasteiger partial charge >= 0.3 is 0 Å². The molecule has 11 rings (SSSR count). The first kappa shape index (κ1) is 38.5. The Morgan fingerprint density at radius 1 is 0.355 bits per heavy atom. The van der Waals surface area contributed by atoms with Crippen LogP contribution in [0.3, 0.4) is 0 Å². The summed E-state index contributed by atoms with van der Waals surface area (Å²) in [6.45, 7) is 21.0. The summed E-state index contributed by atoms with van der Waals surface area (Å²) in [4.78, 5) is 2.50. The van der Waals surface area contributed by atoms with Crippen LogP contribution in [0.5, 0.6) is 0 Å². The minimum absolute atomic E-state index is 0.00703. The largest absolute Gasteiger partial charge is 0.310 e. The molecule has 0 bridgehead atoms. The Balaban J connectivity index is 1.17. The van der Waals surface area contributed by atoms with Crippen molar-refractivity contribution in [3.63, 3.8) is 0 Å². The number of fused-ring (bicyclic) bond motifs is 13. The molecule has 0 atom stereocenters. The van der Waals surface area contributed by atoms with E-state index in [0.717, 1.165) is 17.1 Å². The summed E-state index contributed by atoms with van der Waals surface area (Å²) in [7, 11) is 0. The van der Waals surface area contributed by atoms with E-state index in [2.05, 4.69) is 237 Å². The van der Waals surface area contributed by atoms with Crippen LogP contribution < -0.4 is 4.90 Å². The van der Waals surface area contributed by atoms with Gasteiger partial charge in [0.25, 0.3) is 0 Å². The second kappa shape index (κ2) is 13.3. The Kier molecular flexibility index (Phi) is 8.24. The van der Waals surface area contributed by atoms with Crippen molar-refractivity contribution in [2.45, 2.75) is 84.0 Å². The number of anilines is 3. The summed E-state index contributed by atoms with van der Waals surface area (Å²) >= 11 is 0. The molecule has 0 unspecified atom stereocenters. The number of hydrogen-bond acceptors (Lipinski definition) is 1. The Bertz CT molecular complexity index is 3040. The normalized spacial score (nSPS) is 14.8. The van der Waals surface area contributed by atoms with E-state index in [0.29, 0.717) is 0 Å². The smallest absolute Gasteiger partial charge is 0.0726 e. The average molecular weight is 802 g/mol. The highest BCUT2D eigenvalue weighted by Crippen LogP contribution is 2.64. The van der Waals surface area contributed by atoms with E-state index >= 15 is 0 Å². The van der Waals surface area contributed by atoms with Crippen molar-refractivity contribution >= 4 is 17.1 Å². The molecule has 0 aliphatic heterocycles. The van der Waals surface area contributed by atoms with Gasteiger partial charge in [0.05, 0.1) is 5.41 Å². The van der Waals surface area contributed by atoms with Crippen LogP contribution in [0.4, 0.5) is 17.1 Å². The van der Waals surface area contributed by atoms with Crippen LogP contribution in [0.25, 0.3) is 44.5 Å². The lowest BCUT2D eigenvalue weighted by molar-refractivity contribution is 0.586. The molecule has 0 heterocycles. The van der Waals surface area contributed by atoms with E-state index in [1.807, 2.05) is 0 Å². The van der Waals surface area contributed by atoms with E-state index in [4.69, 9.17) is 0 Å². The third-order valence-corrected chi connectivity index (χ3v) is 14.5. The lowest BCUT2D eigenvalue weighted by Gasteiger charge is -2.34. The van der Waals surface area contributed by atoms with Gasteiger partial charge in [0, 0.05) is 22.5 Å². The van der Waals surface area contributed by atoms with E-state index in [-0.39, 0.29) is 16.2 Å². The van der Waals surface area contributed by atoms with Crippen LogP contribution in [0.1, 0.15) is 105 Å². The molecule has 62 heavy (non-hydrogen) atoms. The molecule has 0 aromatic heterocycles. The summed E-state index contributed by atoms with van der Waals surface area (Å²) < 4.78 is 0. The third kappa shape index (κ3) is 5.53. The molecule has 8 aromatic carbocycles. The summed E-state index contributed by atoms with van der Waals surface area (Å²) in [6, 6.07) is 65.4. The molecular weight excluding hydrogens is 747 g/mol. The SMILES string of the molecule is Cc1ccc(-c2ccc(N(c3ccc4c(c3)C(C)(C)c3ccccc3-4)c3ccc4c(c3)C3(c5ccccc5-4)c4cc(C(C)(C)C)ccc4-c4ccc(C(C)(C)C)cc43)cc2)cc1. The summed E-state index contributed by atoms with van der Waals surface area (Å²) in [5.74, 6) is 0. The molecule has 1 spiro atoms. The molecule has 8 aromatic rings. The highest BCUT2D eigenvalue weighted by molar-refractivity contribution is 5.97. The Hall–Kier alpha value is -6.44. The van der Waals surface area contributed by atoms with Crippen LogP contribution in [-0.4, -0.2) is 0 Å². The molecule has 0 radical (unpaired) electrons. The molecule has 0 saturated heterocycles. The van der Waals surface area contributed by atoms with Crippen molar-refractivity contribution in [3.8, 4) is 44.5 Å². The molecule has 304 valence electrons. The first-order chi connectivity index (χ1) is 29.7. The highest BCUT2D eigenvalue weighted by atomic mass is 15.1. The minimum atomic E-state index is -0.488. The van der Waals surface area contributed by atoms with Gasteiger partial charge < -0.3 is 4.90 Å². The van der Waals surface area contributed by atoms with Gasteiger partial charge in [-0.1, -0.05) is 194 Å².